The number of methoxy groups -OCH3 is 2. The predicted octanol–water partition coefficient (Wildman–Crippen LogP) is 4.59. The van der Waals surface area contributed by atoms with Crippen molar-refractivity contribution in [2.24, 2.45) is 0 Å². The topological polar surface area (TPSA) is 65.9 Å². The Balaban J connectivity index is 0.00000289. The zero-order valence-electron chi connectivity index (χ0n) is 18.0. The van der Waals surface area contributed by atoms with Gasteiger partial charge in [0.05, 0.1) is 18.7 Å². The SMILES string of the molecule is COCCOc1cc2ncnc(N3CCC4=CCC(F)(Br)C=C43)c2cc1OCCOC.Cl. The van der Waals surface area contributed by atoms with E-state index in [2.05, 4.69) is 25.9 Å². The number of benzene rings is 1. The Bertz CT molecular complexity index is 1020. The van der Waals surface area contributed by atoms with E-state index >= 15 is 0 Å². The normalized spacial score (nSPS) is 19.8. The van der Waals surface area contributed by atoms with Crippen molar-refractivity contribution in [2.75, 3.05) is 52.1 Å². The van der Waals surface area contributed by atoms with Gasteiger partial charge in [-0.15, -0.1) is 12.4 Å². The van der Waals surface area contributed by atoms with E-state index in [1.54, 1.807) is 20.3 Å². The van der Waals surface area contributed by atoms with Gasteiger partial charge in [-0.05, 0) is 40.1 Å². The van der Waals surface area contributed by atoms with Crippen molar-refractivity contribution < 1.29 is 23.3 Å². The highest BCUT2D eigenvalue weighted by atomic mass is 79.9. The number of ether oxygens (including phenoxy) is 4. The number of hydrogen-bond donors (Lipinski definition) is 0. The van der Waals surface area contributed by atoms with Crippen LogP contribution >= 0.6 is 28.3 Å². The molecule has 1 fully saturated rings. The number of allylic oxidation sites excluding steroid dienone is 3. The molecule has 0 amide bonds. The maximum atomic E-state index is 14.6. The van der Waals surface area contributed by atoms with Crippen LogP contribution in [0.2, 0.25) is 0 Å². The van der Waals surface area contributed by atoms with E-state index in [0.717, 1.165) is 35.1 Å². The highest BCUT2D eigenvalue weighted by Gasteiger charge is 2.34. The Morgan fingerprint density at radius 2 is 1.75 bits per heavy atom. The van der Waals surface area contributed by atoms with Crippen LogP contribution in [-0.2, 0) is 9.47 Å². The number of rotatable bonds is 9. The second-order valence-electron chi connectivity index (χ2n) is 7.32. The first-order chi connectivity index (χ1) is 15.0. The van der Waals surface area contributed by atoms with Crippen LogP contribution in [0.15, 0.2) is 41.9 Å². The van der Waals surface area contributed by atoms with E-state index in [-0.39, 0.29) is 12.4 Å². The summed E-state index contributed by atoms with van der Waals surface area (Å²) in [6.07, 6.45) is 6.26. The van der Waals surface area contributed by atoms with Crippen molar-refractivity contribution in [3.8, 4) is 11.5 Å². The molecule has 1 atom stereocenters. The summed E-state index contributed by atoms with van der Waals surface area (Å²) in [7, 11) is 3.24. The lowest BCUT2D eigenvalue weighted by atomic mass is 10.0. The van der Waals surface area contributed by atoms with Gasteiger partial charge in [0, 0.05) is 44.3 Å². The fraction of sp³-hybridized carbons (Fsp3) is 0.455. The molecule has 1 aromatic carbocycles. The first kappa shape index (κ1) is 24.7. The smallest absolute Gasteiger partial charge is 0.188 e. The summed E-state index contributed by atoms with van der Waals surface area (Å²) in [5.41, 5.74) is 2.69. The van der Waals surface area contributed by atoms with Gasteiger partial charge < -0.3 is 23.8 Å². The van der Waals surface area contributed by atoms with E-state index in [0.29, 0.717) is 50.2 Å². The molecule has 1 aliphatic carbocycles. The number of alkyl halides is 2. The van der Waals surface area contributed by atoms with Crippen molar-refractivity contribution in [3.63, 3.8) is 0 Å². The molecule has 0 radical (unpaired) electrons. The summed E-state index contributed by atoms with van der Waals surface area (Å²) in [4.78, 5) is 11.0. The molecule has 32 heavy (non-hydrogen) atoms. The molecule has 1 unspecified atom stereocenters. The highest BCUT2D eigenvalue weighted by Crippen LogP contribution is 2.43. The zero-order valence-corrected chi connectivity index (χ0v) is 20.4. The molecule has 174 valence electrons. The van der Waals surface area contributed by atoms with Gasteiger partial charge in [0.25, 0.3) is 0 Å². The van der Waals surface area contributed by atoms with Gasteiger partial charge in [-0.25, -0.2) is 14.4 Å². The van der Waals surface area contributed by atoms with Gasteiger partial charge in [0.1, 0.15) is 25.4 Å². The molecule has 0 N–H and O–H groups in total. The Morgan fingerprint density at radius 1 is 1.06 bits per heavy atom. The van der Waals surface area contributed by atoms with Gasteiger partial charge in [-0.1, -0.05) is 6.08 Å². The second kappa shape index (κ2) is 10.8. The number of fused-ring (bicyclic) bond motifs is 2. The Kier molecular flexibility index (Phi) is 8.32. The van der Waals surface area contributed by atoms with Crippen molar-refractivity contribution in [3.05, 3.63) is 41.9 Å². The summed E-state index contributed by atoms with van der Waals surface area (Å²) in [6.45, 7) is 2.39. The minimum Gasteiger partial charge on any atom is -0.487 e. The quantitative estimate of drug-likeness (QED) is 0.347. The molecule has 2 aromatic rings. The molecule has 2 heterocycles. The molecule has 1 aliphatic heterocycles. The largest absolute Gasteiger partial charge is 0.487 e. The Morgan fingerprint density at radius 3 is 2.44 bits per heavy atom. The number of anilines is 1. The molecule has 7 nitrogen and oxygen atoms in total. The Hall–Kier alpha value is -1.94. The monoisotopic (exact) mass is 529 g/mol. The number of halogens is 3. The van der Waals surface area contributed by atoms with E-state index in [1.165, 1.54) is 6.33 Å². The minimum absolute atomic E-state index is 0. The lowest BCUT2D eigenvalue weighted by Crippen LogP contribution is -2.23. The molecule has 1 saturated heterocycles. The van der Waals surface area contributed by atoms with Crippen LogP contribution in [0, 0.1) is 0 Å². The van der Waals surface area contributed by atoms with Gasteiger partial charge in [-0.2, -0.15) is 0 Å². The molecule has 10 heteroatoms. The predicted molar refractivity (Wildman–Crippen MR) is 127 cm³/mol. The third kappa shape index (κ3) is 5.33. The average Bonchev–Trinajstić information content (AvgIpc) is 3.15. The Labute approximate surface area is 201 Å². The fourth-order valence-electron chi connectivity index (χ4n) is 3.73. The van der Waals surface area contributed by atoms with Crippen LogP contribution < -0.4 is 14.4 Å². The fourth-order valence-corrected chi connectivity index (χ4v) is 4.11. The zero-order chi connectivity index (χ0) is 21.8. The summed E-state index contributed by atoms with van der Waals surface area (Å²) in [5.74, 6) is 1.86. The van der Waals surface area contributed by atoms with Gasteiger partial charge in [0.15, 0.2) is 16.1 Å². The summed E-state index contributed by atoms with van der Waals surface area (Å²) < 4.78 is 35.0. The maximum Gasteiger partial charge on any atom is 0.188 e. The molecular formula is C22H26BrClFN3O4. The third-order valence-corrected chi connectivity index (χ3v) is 5.77. The molecule has 4 rings (SSSR count). The van der Waals surface area contributed by atoms with Crippen LogP contribution in [0.5, 0.6) is 11.5 Å². The van der Waals surface area contributed by atoms with Crippen molar-refractivity contribution in [1.29, 1.82) is 0 Å². The van der Waals surface area contributed by atoms with Crippen molar-refractivity contribution >= 4 is 45.1 Å². The number of hydrogen-bond acceptors (Lipinski definition) is 7. The average molecular weight is 531 g/mol. The molecular weight excluding hydrogens is 505 g/mol. The summed E-state index contributed by atoms with van der Waals surface area (Å²) in [6, 6.07) is 3.72. The van der Waals surface area contributed by atoms with E-state index in [9.17, 15) is 4.39 Å². The van der Waals surface area contributed by atoms with Crippen LogP contribution in [-0.4, -0.2) is 61.7 Å². The minimum atomic E-state index is -1.55. The molecule has 2 aliphatic rings. The maximum absolute atomic E-state index is 14.6. The standard InChI is InChI=1S/C22H25BrFN3O4.ClH/c1-28-7-9-30-19-11-16-17(12-20(19)31-10-8-29-2)25-14-26-21(16)27-6-4-15-3-5-22(23,24)13-18(15)27;/h3,11-14H,4-10H2,1-2H3;1H. The van der Waals surface area contributed by atoms with Crippen LogP contribution in [0.1, 0.15) is 12.8 Å². The van der Waals surface area contributed by atoms with Crippen LogP contribution in [0.25, 0.3) is 10.9 Å². The van der Waals surface area contributed by atoms with Crippen LogP contribution in [0.3, 0.4) is 0 Å². The summed E-state index contributed by atoms with van der Waals surface area (Å²) >= 11 is 3.16. The lowest BCUT2D eigenvalue weighted by Gasteiger charge is -2.26. The molecule has 1 aromatic heterocycles. The van der Waals surface area contributed by atoms with Crippen LogP contribution in [0.4, 0.5) is 10.2 Å². The van der Waals surface area contributed by atoms with Gasteiger partial charge in [-0.3, -0.25) is 0 Å². The van der Waals surface area contributed by atoms with Gasteiger partial charge in [0.2, 0.25) is 0 Å². The van der Waals surface area contributed by atoms with E-state index in [1.807, 2.05) is 23.1 Å². The van der Waals surface area contributed by atoms with Crippen molar-refractivity contribution in [1.82, 2.24) is 9.97 Å². The van der Waals surface area contributed by atoms with E-state index in [4.69, 9.17) is 18.9 Å². The number of nitrogens with zero attached hydrogens (tertiary/aromatic N) is 3. The first-order valence-corrected chi connectivity index (χ1v) is 10.9. The third-order valence-electron chi connectivity index (χ3n) is 5.22. The van der Waals surface area contributed by atoms with E-state index < -0.39 is 4.58 Å². The molecule has 0 spiro atoms. The van der Waals surface area contributed by atoms with Crippen molar-refractivity contribution in [2.45, 2.75) is 17.4 Å². The molecule has 0 saturated carbocycles. The van der Waals surface area contributed by atoms with Gasteiger partial charge >= 0.3 is 0 Å². The molecule has 0 bridgehead atoms. The first-order valence-electron chi connectivity index (χ1n) is 10.1. The summed E-state index contributed by atoms with van der Waals surface area (Å²) in [5, 5.41) is 0.806. The lowest BCUT2D eigenvalue weighted by molar-refractivity contribution is 0.132. The second-order valence-corrected chi connectivity index (χ2v) is 8.64. The number of aromatic nitrogens is 2. The highest BCUT2D eigenvalue weighted by molar-refractivity contribution is 9.10.